The second-order valence-electron chi connectivity index (χ2n) is 4.61. The summed E-state index contributed by atoms with van der Waals surface area (Å²) < 4.78 is 6.38. The lowest BCUT2D eigenvalue weighted by Crippen LogP contribution is -2.03. The molecule has 0 aliphatic rings. The number of nitrogens with zero attached hydrogens (tertiary/aromatic N) is 4. The highest BCUT2D eigenvalue weighted by atomic mass is 79.9. The van der Waals surface area contributed by atoms with E-state index in [0.29, 0.717) is 10.9 Å². The molecular weight excluding hydrogens is 412 g/mol. The van der Waals surface area contributed by atoms with Crippen molar-refractivity contribution in [3.63, 3.8) is 0 Å². The van der Waals surface area contributed by atoms with Gasteiger partial charge in [-0.25, -0.2) is 4.98 Å². The molecule has 0 fully saturated rings. The van der Waals surface area contributed by atoms with Crippen LogP contribution in [-0.4, -0.2) is 27.0 Å². The molecule has 3 rings (SSSR count). The quantitative estimate of drug-likeness (QED) is 0.599. The molecule has 0 saturated carbocycles. The average molecular weight is 425 g/mol. The Morgan fingerprint density at radius 2 is 1.92 bits per heavy atom. The van der Waals surface area contributed by atoms with E-state index in [1.54, 1.807) is 18.4 Å². The van der Waals surface area contributed by atoms with Crippen molar-refractivity contribution in [2.75, 3.05) is 18.6 Å². The standard InChI is InChI=1S/C14H13BrN6OS2/c1-22-10-3-2-7(15)4-9(10)11-18-8(5-23-11)6-24-14-20-12(16)19-13(17)21-14/h2-5H,6H2,1H3,(H4,16,17,19,20,21). The predicted molar refractivity (Wildman–Crippen MR) is 100 cm³/mol. The van der Waals surface area contributed by atoms with Gasteiger partial charge in [-0.2, -0.15) is 15.0 Å². The molecule has 2 aromatic heterocycles. The minimum atomic E-state index is 0.114. The summed E-state index contributed by atoms with van der Waals surface area (Å²) in [5.74, 6) is 1.62. The van der Waals surface area contributed by atoms with Crippen LogP contribution in [0.2, 0.25) is 0 Å². The Labute approximate surface area is 155 Å². The van der Waals surface area contributed by atoms with Crippen molar-refractivity contribution in [1.29, 1.82) is 0 Å². The lowest BCUT2D eigenvalue weighted by atomic mass is 10.2. The number of rotatable bonds is 5. The summed E-state index contributed by atoms with van der Waals surface area (Å²) >= 11 is 6.43. The summed E-state index contributed by atoms with van der Waals surface area (Å²) in [6.07, 6.45) is 0. The van der Waals surface area contributed by atoms with Crippen molar-refractivity contribution >= 4 is 50.9 Å². The van der Waals surface area contributed by atoms with Gasteiger partial charge in [0.2, 0.25) is 11.9 Å². The van der Waals surface area contributed by atoms with Gasteiger partial charge in [-0.3, -0.25) is 0 Å². The van der Waals surface area contributed by atoms with Crippen molar-refractivity contribution in [2.24, 2.45) is 0 Å². The molecule has 10 heteroatoms. The molecule has 0 aliphatic heterocycles. The van der Waals surface area contributed by atoms with Crippen molar-refractivity contribution in [2.45, 2.75) is 10.9 Å². The van der Waals surface area contributed by atoms with Crippen LogP contribution in [-0.2, 0) is 5.75 Å². The number of methoxy groups -OCH3 is 1. The van der Waals surface area contributed by atoms with Gasteiger partial charge >= 0.3 is 0 Å². The third kappa shape index (κ3) is 3.94. The highest BCUT2D eigenvalue weighted by molar-refractivity contribution is 9.10. The van der Waals surface area contributed by atoms with Crippen LogP contribution < -0.4 is 16.2 Å². The molecule has 124 valence electrons. The number of anilines is 2. The predicted octanol–water partition coefficient (Wildman–Crippen LogP) is 3.22. The molecule has 1 aromatic carbocycles. The third-order valence-electron chi connectivity index (χ3n) is 2.94. The van der Waals surface area contributed by atoms with E-state index in [9.17, 15) is 0 Å². The van der Waals surface area contributed by atoms with Crippen LogP contribution in [0.1, 0.15) is 5.69 Å². The maximum absolute atomic E-state index is 5.57. The topological polar surface area (TPSA) is 113 Å². The van der Waals surface area contributed by atoms with Crippen LogP contribution >= 0.6 is 39.0 Å². The summed E-state index contributed by atoms with van der Waals surface area (Å²) in [6.45, 7) is 0. The first kappa shape index (κ1) is 16.9. The van der Waals surface area contributed by atoms with Gasteiger partial charge in [-0.1, -0.05) is 27.7 Å². The van der Waals surface area contributed by atoms with E-state index in [-0.39, 0.29) is 11.9 Å². The zero-order valence-corrected chi connectivity index (χ0v) is 15.8. The first-order chi connectivity index (χ1) is 11.5. The largest absolute Gasteiger partial charge is 0.496 e. The molecular formula is C14H13BrN6OS2. The normalized spacial score (nSPS) is 10.8. The Hall–Kier alpha value is -1.91. The number of aromatic nitrogens is 4. The maximum atomic E-state index is 5.57. The van der Waals surface area contributed by atoms with E-state index >= 15 is 0 Å². The lowest BCUT2D eigenvalue weighted by molar-refractivity contribution is 0.416. The van der Waals surface area contributed by atoms with Crippen molar-refractivity contribution < 1.29 is 4.74 Å². The number of thioether (sulfide) groups is 1. The first-order valence-corrected chi connectivity index (χ1v) is 9.39. The van der Waals surface area contributed by atoms with Crippen LogP contribution in [0.15, 0.2) is 33.2 Å². The van der Waals surface area contributed by atoms with Crippen LogP contribution in [0, 0.1) is 0 Å². The number of thiazole rings is 1. The van der Waals surface area contributed by atoms with Gasteiger partial charge in [0.05, 0.1) is 18.4 Å². The second kappa shape index (κ2) is 7.32. The first-order valence-electron chi connectivity index (χ1n) is 6.73. The van der Waals surface area contributed by atoms with E-state index in [1.165, 1.54) is 11.8 Å². The van der Waals surface area contributed by atoms with Gasteiger partial charge < -0.3 is 16.2 Å². The molecule has 0 spiro atoms. The number of benzene rings is 1. The van der Waals surface area contributed by atoms with Gasteiger partial charge in [0, 0.05) is 15.6 Å². The van der Waals surface area contributed by atoms with Gasteiger partial charge in [-0.05, 0) is 18.2 Å². The monoisotopic (exact) mass is 424 g/mol. The van der Waals surface area contributed by atoms with Gasteiger partial charge in [0.25, 0.3) is 0 Å². The Kier molecular flexibility index (Phi) is 5.17. The van der Waals surface area contributed by atoms with E-state index in [1.807, 2.05) is 23.6 Å². The number of hydrogen-bond donors (Lipinski definition) is 2. The van der Waals surface area contributed by atoms with Gasteiger partial charge in [0.1, 0.15) is 10.8 Å². The highest BCUT2D eigenvalue weighted by Gasteiger charge is 2.12. The van der Waals surface area contributed by atoms with Crippen LogP contribution in [0.3, 0.4) is 0 Å². The minimum absolute atomic E-state index is 0.114. The number of nitrogen functional groups attached to an aromatic ring is 2. The molecule has 2 heterocycles. The lowest BCUT2D eigenvalue weighted by Gasteiger charge is -2.06. The third-order valence-corrected chi connectivity index (χ3v) is 5.24. The summed E-state index contributed by atoms with van der Waals surface area (Å²) in [4.78, 5) is 16.5. The summed E-state index contributed by atoms with van der Waals surface area (Å²) in [5, 5.41) is 3.37. The minimum Gasteiger partial charge on any atom is -0.496 e. The van der Waals surface area contributed by atoms with Crippen LogP contribution in [0.4, 0.5) is 11.9 Å². The van der Waals surface area contributed by atoms with E-state index in [0.717, 1.165) is 26.5 Å². The summed E-state index contributed by atoms with van der Waals surface area (Å²) in [5.41, 5.74) is 13.0. The molecule has 0 saturated heterocycles. The second-order valence-corrected chi connectivity index (χ2v) is 7.33. The fourth-order valence-corrected chi connectivity index (χ4v) is 3.98. The number of halogens is 1. The van der Waals surface area contributed by atoms with Crippen LogP contribution in [0.5, 0.6) is 5.75 Å². The number of nitrogens with two attached hydrogens (primary N) is 2. The Morgan fingerprint density at radius 1 is 1.17 bits per heavy atom. The molecule has 0 atom stereocenters. The molecule has 24 heavy (non-hydrogen) atoms. The van der Waals surface area contributed by atoms with Gasteiger partial charge in [0.15, 0.2) is 5.16 Å². The number of hydrogen-bond acceptors (Lipinski definition) is 9. The number of ether oxygens (including phenoxy) is 1. The Bertz CT molecular complexity index is 852. The Balaban J connectivity index is 1.77. The van der Waals surface area contributed by atoms with Crippen molar-refractivity contribution in [3.8, 4) is 16.3 Å². The molecule has 0 bridgehead atoms. The van der Waals surface area contributed by atoms with E-state index < -0.39 is 0 Å². The molecule has 0 unspecified atom stereocenters. The maximum Gasteiger partial charge on any atom is 0.225 e. The van der Waals surface area contributed by atoms with Gasteiger partial charge in [-0.15, -0.1) is 11.3 Å². The average Bonchev–Trinajstić information content (AvgIpc) is 3.01. The van der Waals surface area contributed by atoms with E-state index in [2.05, 4.69) is 35.9 Å². The molecule has 3 aromatic rings. The smallest absolute Gasteiger partial charge is 0.225 e. The SMILES string of the molecule is COc1ccc(Br)cc1-c1nc(CSc2nc(N)nc(N)n2)cs1. The Morgan fingerprint density at radius 3 is 2.62 bits per heavy atom. The fraction of sp³-hybridized carbons (Fsp3) is 0.143. The van der Waals surface area contributed by atoms with Crippen molar-refractivity contribution in [3.05, 3.63) is 33.7 Å². The molecule has 0 radical (unpaired) electrons. The highest BCUT2D eigenvalue weighted by Crippen LogP contribution is 2.35. The fourth-order valence-electron chi connectivity index (χ4n) is 1.94. The molecule has 0 aliphatic carbocycles. The van der Waals surface area contributed by atoms with Crippen LogP contribution in [0.25, 0.3) is 10.6 Å². The van der Waals surface area contributed by atoms with Crippen molar-refractivity contribution in [1.82, 2.24) is 19.9 Å². The zero-order valence-electron chi connectivity index (χ0n) is 12.6. The molecule has 0 amide bonds. The van der Waals surface area contributed by atoms with E-state index in [4.69, 9.17) is 16.2 Å². The molecule has 4 N–H and O–H groups in total. The molecule has 7 nitrogen and oxygen atoms in total. The zero-order chi connectivity index (χ0) is 17.1. The summed E-state index contributed by atoms with van der Waals surface area (Å²) in [6, 6.07) is 5.83. The summed E-state index contributed by atoms with van der Waals surface area (Å²) in [7, 11) is 1.65.